The van der Waals surface area contributed by atoms with Gasteiger partial charge in [-0.2, -0.15) is 0 Å². The Bertz CT molecular complexity index is 454. The number of allylic oxidation sites excluding steroid dienone is 2. The number of esters is 1. The van der Waals surface area contributed by atoms with E-state index >= 15 is 0 Å². The van der Waals surface area contributed by atoms with Crippen molar-refractivity contribution in [2.75, 3.05) is 20.7 Å². The van der Waals surface area contributed by atoms with Gasteiger partial charge in [-0.05, 0) is 24.7 Å². The van der Waals surface area contributed by atoms with E-state index in [2.05, 4.69) is 6.58 Å². The molecular weight excluding hydrogens is 262 g/mol. The predicted octanol–water partition coefficient (Wildman–Crippen LogP) is 3.23. The second kappa shape index (κ2) is 7.77. The summed E-state index contributed by atoms with van der Waals surface area (Å²) in [5, 5.41) is 0.640. The van der Waals surface area contributed by atoms with Crippen molar-refractivity contribution in [2.24, 2.45) is 0 Å². The Labute approximate surface area is 119 Å². The first kappa shape index (κ1) is 15.5. The minimum atomic E-state index is -0.447. The Hall–Kier alpha value is -1.58. The summed E-state index contributed by atoms with van der Waals surface area (Å²) in [4.78, 5) is 13.8. The van der Waals surface area contributed by atoms with Crippen LogP contribution < -0.4 is 0 Å². The molecule has 0 aliphatic carbocycles. The molecule has 0 heterocycles. The summed E-state index contributed by atoms with van der Waals surface area (Å²) in [6.07, 6.45) is 5.47. The van der Waals surface area contributed by atoms with E-state index in [1.165, 1.54) is 7.11 Å². The minimum absolute atomic E-state index is 0.295. The zero-order valence-corrected chi connectivity index (χ0v) is 11.9. The van der Waals surface area contributed by atoms with Gasteiger partial charge >= 0.3 is 5.97 Å². The van der Waals surface area contributed by atoms with Gasteiger partial charge < -0.3 is 4.74 Å². The monoisotopic (exact) mass is 279 g/mol. The molecule has 1 aromatic rings. The highest BCUT2D eigenvalue weighted by Gasteiger charge is 2.25. The van der Waals surface area contributed by atoms with Crippen LogP contribution in [0.4, 0.5) is 0 Å². The first-order chi connectivity index (χ1) is 9.10. The largest absolute Gasteiger partial charge is 0.468 e. The molecule has 0 N–H and O–H groups in total. The molecule has 19 heavy (non-hydrogen) atoms. The van der Waals surface area contributed by atoms with Crippen LogP contribution in [0.2, 0.25) is 5.02 Å². The molecule has 0 aliphatic rings. The topological polar surface area (TPSA) is 29.5 Å². The molecule has 0 saturated heterocycles. The molecule has 0 radical (unpaired) electrons. The Morgan fingerprint density at radius 2 is 2.11 bits per heavy atom. The summed E-state index contributed by atoms with van der Waals surface area (Å²) < 4.78 is 4.87. The molecule has 3 nitrogen and oxygen atoms in total. The molecule has 4 heteroatoms. The molecule has 0 saturated carbocycles. The van der Waals surface area contributed by atoms with Gasteiger partial charge in [0, 0.05) is 11.6 Å². The number of hydrogen-bond donors (Lipinski definition) is 0. The van der Waals surface area contributed by atoms with E-state index in [9.17, 15) is 4.79 Å². The van der Waals surface area contributed by atoms with E-state index in [1.54, 1.807) is 18.2 Å². The fourth-order valence-corrected chi connectivity index (χ4v) is 1.88. The lowest BCUT2D eigenvalue weighted by Gasteiger charge is -2.25. The second-order valence-corrected chi connectivity index (χ2v) is 4.52. The van der Waals surface area contributed by atoms with Gasteiger partial charge in [0.1, 0.15) is 6.04 Å². The zero-order valence-electron chi connectivity index (χ0n) is 11.2. The molecule has 0 amide bonds. The first-order valence-electron chi connectivity index (χ1n) is 5.91. The summed E-state index contributed by atoms with van der Waals surface area (Å²) in [6, 6.07) is 6.74. The van der Waals surface area contributed by atoms with E-state index in [1.807, 2.05) is 36.2 Å². The van der Waals surface area contributed by atoms with Crippen molar-refractivity contribution in [1.82, 2.24) is 4.90 Å². The van der Waals surface area contributed by atoms with Crippen LogP contribution in [-0.2, 0) is 9.53 Å². The number of carbonyl (C=O) groups is 1. The summed E-state index contributed by atoms with van der Waals surface area (Å²) in [7, 11) is 3.25. The fourth-order valence-electron chi connectivity index (χ4n) is 1.76. The zero-order chi connectivity index (χ0) is 14.3. The molecule has 102 valence electrons. The number of carbonyl (C=O) groups excluding carboxylic acids is 1. The smallest absolute Gasteiger partial charge is 0.327 e. The predicted molar refractivity (Wildman–Crippen MR) is 78.2 cm³/mol. The third-order valence-corrected chi connectivity index (χ3v) is 2.97. The third-order valence-electron chi connectivity index (χ3n) is 2.72. The Morgan fingerprint density at radius 1 is 1.47 bits per heavy atom. The maximum Gasteiger partial charge on any atom is 0.327 e. The van der Waals surface area contributed by atoms with Gasteiger partial charge in [0.25, 0.3) is 0 Å². The number of ether oxygens (including phenoxy) is 1. The summed E-state index contributed by atoms with van der Waals surface area (Å²) in [5.74, 6) is -0.295. The lowest BCUT2D eigenvalue weighted by Crippen LogP contribution is -2.32. The Kier molecular flexibility index (Phi) is 6.33. The highest BCUT2D eigenvalue weighted by atomic mass is 35.5. The maximum absolute atomic E-state index is 11.9. The van der Waals surface area contributed by atoms with Gasteiger partial charge in [0.15, 0.2) is 0 Å². The van der Waals surface area contributed by atoms with E-state index in [0.717, 1.165) is 5.56 Å². The van der Waals surface area contributed by atoms with Gasteiger partial charge in [-0.3, -0.25) is 4.90 Å². The Balaban J connectivity index is 2.94. The number of methoxy groups -OCH3 is 1. The van der Waals surface area contributed by atoms with Crippen molar-refractivity contribution in [3.05, 3.63) is 59.7 Å². The highest BCUT2D eigenvalue weighted by Crippen LogP contribution is 2.22. The van der Waals surface area contributed by atoms with Crippen LogP contribution in [-0.4, -0.2) is 31.6 Å². The summed E-state index contributed by atoms with van der Waals surface area (Å²) in [5.41, 5.74) is 0.853. The van der Waals surface area contributed by atoms with Crippen LogP contribution in [0.5, 0.6) is 0 Å². The SMILES string of the molecule is C=C/C=C/CN(C)C(C(=O)OC)c1ccc(Cl)cc1. The number of benzene rings is 1. The highest BCUT2D eigenvalue weighted by molar-refractivity contribution is 6.30. The molecule has 0 fully saturated rings. The first-order valence-corrected chi connectivity index (χ1v) is 6.29. The molecule has 0 bridgehead atoms. The van der Waals surface area contributed by atoms with Crippen molar-refractivity contribution in [1.29, 1.82) is 0 Å². The van der Waals surface area contributed by atoms with Gasteiger partial charge in [0.2, 0.25) is 0 Å². The molecule has 0 aromatic heterocycles. The van der Waals surface area contributed by atoms with Crippen LogP contribution in [0.3, 0.4) is 0 Å². The van der Waals surface area contributed by atoms with Gasteiger partial charge in [-0.1, -0.05) is 48.5 Å². The number of hydrogen-bond acceptors (Lipinski definition) is 3. The molecule has 1 unspecified atom stereocenters. The van der Waals surface area contributed by atoms with Crippen LogP contribution in [0.25, 0.3) is 0 Å². The molecule has 1 atom stereocenters. The van der Waals surface area contributed by atoms with Crippen molar-refractivity contribution in [3.63, 3.8) is 0 Å². The van der Waals surface area contributed by atoms with E-state index in [4.69, 9.17) is 16.3 Å². The van der Waals surface area contributed by atoms with Crippen LogP contribution in [0, 0.1) is 0 Å². The molecular formula is C15H18ClNO2. The van der Waals surface area contributed by atoms with Crippen LogP contribution in [0.15, 0.2) is 49.1 Å². The molecule has 0 aliphatic heterocycles. The number of rotatable bonds is 6. The van der Waals surface area contributed by atoms with Crippen molar-refractivity contribution >= 4 is 17.6 Å². The van der Waals surface area contributed by atoms with Crippen molar-refractivity contribution in [2.45, 2.75) is 6.04 Å². The number of likely N-dealkylation sites (N-methyl/N-ethyl adjacent to an activating group) is 1. The summed E-state index contributed by atoms with van der Waals surface area (Å²) in [6.45, 7) is 4.23. The standard InChI is InChI=1S/C15H18ClNO2/c1-4-5-6-11-17(2)14(15(18)19-3)12-7-9-13(16)10-8-12/h4-10,14H,1,11H2,2-3H3/b6-5+. The van der Waals surface area contributed by atoms with E-state index < -0.39 is 6.04 Å². The minimum Gasteiger partial charge on any atom is -0.468 e. The summed E-state index contributed by atoms with van der Waals surface area (Å²) >= 11 is 5.86. The van der Waals surface area contributed by atoms with Crippen molar-refractivity contribution in [3.8, 4) is 0 Å². The van der Waals surface area contributed by atoms with Gasteiger partial charge in [-0.15, -0.1) is 0 Å². The molecule has 0 spiro atoms. The normalized spacial score (nSPS) is 12.6. The van der Waals surface area contributed by atoms with E-state index in [-0.39, 0.29) is 5.97 Å². The van der Waals surface area contributed by atoms with Crippen molar-refractivity contribution < 1.29 is 9.53 Å². The number of halogens is 1. The maximum atomic E-state index is 11.9. The van der Waals surface area contributed by atoms with Gasteiger partial charge in [-0.25, -0.2) is 4.79 Å². The van der Waals surface area contributed by atoms with E-state index in [0.29, 0.717) is 11.6 Å². The lowest BCUT2D eigenvalue weighted by atomic mass is 10.1. The average molecular weight is 280 g/mol. The lowest BCUT2D eigenvalue weighted by molar-refractivity contribution is -0.146. The second-order valence-electron chi connectivity index (χ2n) is 4.08. The Morgan fingerprint density at radius 3 is 2.63 bits per heavy atom. The van der Waals surface area contributed by atoms with Gasteiger partial charge in [0.05, 0.1) is 7.11 Å². The van der Waals surface area contributed by atoms with Crippen LogP contribution >= 0.6 is 11.6 Å². The quantitative estimate of drug-likeness (QED) is 0.591. The number of nitrogens with zero attached hydrogens (tertiary/aromatic N) is 1. The average Bonchev–Trinajstić information content (AvgIpc) is 2.41. The molecule has 1 aromatic carbocycles. The third kappa shape index (κ3) is 4.54. The van der Waals surface area contributed by atoms with Crippen LogP contribution in [0.1, 0.15) is 11.6 Å². The molecule has 1 rings (SSSR count). The fraction of sp³-hybridized carbons (Fsp3) is 0.267.